The quantitative estimate of drug-likeness (QED) is 0.783. The summed E-state index contributed by atoms with van der Waals surface area (Å²) in [6, 6.07) is 17.5. The fourth-order valence-electron chi connectivity index (χ4n) is 3.71. The normalized spacial score (nSPS) is 15.6. The van der Waals surface area contributed by atoms with Crippen molar-refractivity contribution < 1.29 is 14.3 Å². The Labute approximate surface area is 173 Å². The first-order valence-corrected chi connectivity index (χ1v) is 10.3. The molecule has 1 aliphatic rings. The number of rotatable bonds is 7. The smallest absolute Gasteiger partial charge is 0.258 e. The lowest BCUT2D eigenvalue weighted by Crippen LogP contribution is -2.50. The van der Waals surface area contributed by atoms with Crippen LogP contribution in [0.15, 0.2) is 54.6 Å². The van der Waals surface area contributed by atoms with Gasteiger partial charge in [0.15, 0.2) is 6.61 Å². The summed E-state index contributed by atoms with van der Waals surface area (Å²) < 4.78 is 5.48. The summed E-state index contributed by atoms with van der Waals surface area (Å²) in [6.45, 7) is 5.13. The van der Waals surface area contributed by atoms with Gasteiger partial charge in [0, 0.05) is 13.1 Å². The van der Waals surface area contributed by atoms with E-state index in [1.54, 1.807) is 6.92 Å². The van der Waals surface area contributed by atoms with Crippen molar-refractivity contribution in [2.45, 2.75) is 39.2 Å². The molecule has 1 saturated heterocycles. The van der Waals surface area contributed by atoms with Crippen LogP contribution in [-0.2, 0) is 16.0 Å². The lowest BCUT2D eigenvalue weighted by Gasteiger charge is -2.33. The molecule has 1 N–H and O–H groups in total. The van der Waals surface area contributed by atoms with Crippen molar-refractivity contribution in [1.29, 1.82) is 0 Å². The van der Waals surface area contributed by atoms with E-state index in [-0.39, 0.29) is 18.4 Å². The third-order valence-corrected chi connectivity index (χ3v) is 5.43. The number of nitrogens with one attached hydrogen (secondary N) is 1. The average Bonchev–Trinajstić information content (AvgIpc) is 2.74. The summed E-state index contributed by atoms with van der Waals surface area (Å²) in [5.74, 6) is 0.941. The number of likely N-dealkylation sites (tertiary alicyclic amines) is 1. The maximum atomic E-state index is 12.7. The molecule has 0 aliphatic carbocycles. The molecule has 0 unspecified atom stereocenters. The van der Waals surface area contributed by atoms with Crippen LogP contribution in [-0.4, -0.2) is 42.5 Å². The number of hydrogen-bond acceptors (Lipinski definition) is 3. The van der Waals surface area contributed by atoms with Gasteiger partial charge in [-0.3, -0.25) is 9.59 Å². The molecule has 1 aliphatic heterocycles. The minimum atomic E-state index is -0.546. The third-order valence-electron chi connectivity index (χ3n) is 5.43. The molecule has 29 heavy (non-hydrogen) atoms. The van der Waals surface area contributed by atoms with Gasteiger partial charge in [-0.2, -0.15) is 0 Å². The fraction of sp³-hybridized carbons (Fsp3) is 0.417. The highest BCUT2D eigenvalue weighted by molar-refractivity contribution is 5.87. The van der Waals surface area contributed by atoms with E-state index in [0.717, 1.165) is 37.9 Å². The zero-order valence-electron chi connectivity index (χ0n) is 17.3. The van der Waals surface area contributed by atoms with E-state index >= 15 is 0 Å². The SMILES string of the molecule is Cc1ccc(OCC(=O)N[C@@H](C)C(=O)N2CCC(Cc3ccccc3)CC2)cc1. The third kappa shape index (κ3) is 6.34. The van der Waals surface area contributed by atoms with Crippen LogP contribution in [0.5, 0.6) is 5.75 Å². The van der Waals surface area contributed by atoms with Gasteiger partial charge in [-0.25, -0.2) is 0 Å². The van der Waals surface area contributed by atoms with E-state index in [1.807, 2.05) is 42.2 Å². The molecule has 2 aromatic rings. The largest absolute Gasteiger partial charge is 0.484 e. The van der Waals surface area contributed by atoms with E-state index in [2.05, 4.69) is 29.6 Å². The first kappa shape index (κ1) is 20.9. The molecule has 0 bridgehead atoms. The highest BCUT2D eigenvalue weighted by Gasteiger charge is 2.27. The second-order valence-corrected chi connectivity index (χ2v) is 7.85. The average molecular weight is 395 g/mol. The summed E-state index contributed by atoms with van der Waals surface area (Å²) in [6.07, 6.45) is 3.06. The molecule has 0 radical (unpaired) electrons. The van der Waals surface area contributed by atoms with Crippen molar-refractivity contribution in [2.24, 2.45) is 5.92 Å². The van der Waals surface area contributed by atoms with Crippen LogP contribution >= 0.6 is 0 Å². The van der Waals surface area contributed by atoms with Crippen LogP contribution in [0.2, 0.25) is 0 Å². The molecule has 5 nitrogen and oxygen atoms in total. The molecule has 1 atom stereocenters. The van der Waals surface area contributed by atoms with Gasteiger partial charge in [-0.1, -0.05) is 48.0 Å². The Morgan fingerprint density at radius 2 is 1.72 bits per heavy atom. The molecule has 2 aromatic carbocycles. The Bertz CT molecular complexity index is 797. The predicted octanol–water partition coefficient (Wildman–Crippen LogP) is 3.36. The van der Waals surface area contributed by atoms with Gasteiger partial charge < -0.3 is 15.0 Å². The number of ether oxygens (including phenoxy) is 1. The van der Waals surface area contributed by atoms with Crippen LogP contribution < -0.4 is 10.1 Å². The Morgan fingerprint density at radius 1 is 1.07 bits per heavy atom. The van der Waals surface area contributed by atoms with E-state index in [1.165, 1.54) is 5.56 Å². The van der Waals surface area contributed by atoms with E-state index < -0.39 is 6.04 Å². The van der Waals surface area contributed by atoms with Crippen LogP contribution in [0.3, 0.4) is 0 Å². The van der Waals surface area contributed by atoms with E-state index in [0.29, 0.717) is 11.7 Å². The lowest BCUT2D eigenvalue weighted by atomic mass is 9.90. The molecule has 0 aromatic heterocycles. The Kier molecular flexibility index (Phi) is 7.28. The minimum absolute atomic E-state index is 0.0214. The molecule has 3 rings (SSSR count). The monoisotopic (exact) mass is 394 g/mol. The lowest BCUT2D eigenvalue weighted by molar-refractivity contribution is -0.137. The minimum Gasteiger partial charge on any atom is -0.484 e. The van der Waals surface area contributed by atoms with Gasteiger partial charge in [-0.15, -0.1) is 0 Å². The Balaban J connectivity index is 1.39. The van der Waals surface area contributed by atoms with E-state index in [4.69, 9.17) is 4.74 Å². The summed E-state index contributed by atoms with van der Waals surface area (Å²) in [5.41, 5.74) is 2.49. The van der Waals surface area contributed by atoms with Crippen LogP contribution in [0.4, 0.5) is 0 Å². The second-order valence-electron chi connectivity index (χ2n) is 7.85. The molecule has 1 fully saturated rings. The number of piperidine rings is 1. The Morgan fingerprint density at radius 3 is 2.38 bits per heavy atom. The topological polar surface area (TPSA) is 58.6 Å². The van der Waals surface area contributed by atoms with Crippen LogP contribution in [0.25, 0.3) is 0 Å². The summed E-state index contributed by atoms with van der Waals surface area (Å²) in [5, 5.41) is 2.75. The van der Waals surface area contributed by atoms with Gasteiger partial charge in [0.1, 0.15) is 11.8 Å². The molecule has 0 spiro atoms. The maximum Gasteiger partial charge on any atom is 0.258 e. The molecule has 154 valence electrons. The standard InChI is InChI=1S/C24H30N2O3/c1-18-8-10-22(11-9-18)29-17-23(27)25-19(2)24(28)26-14-12-21(13-15-26)16-20-6-4-3-5-7-20/h3-11,19,21H,12-17H2,1-2H3,(H,25,27)/t19-/m0/s1. The van der Waals surface area contributed by atoms with Crippen molar-refractivity contribution in [3.05, 3.63) is 65.7 Å². The van der Waals surface area contributed by atoms with Crippen molar-refractivity contribution in [2.75, 3.05) is 19.7 Å². The van der Waals surface area contributed by atoms with Gasteiger partial charge in [0.25, 0.3) is 5.91 Å². The second kappa shape index (κ2) is 10.1. The van der Waals surface area contributed by atoms with Gasteiger partial charge in [0.05, 0.1) is 0 Å². The van der Waals surface area contributed by atoms with Crippen molar-refractivity contribution in [3.63, 3.8) is 0 Å². The molecule has 2 amide bonds. The number of amides is 2. The molecule has 0 saturated carbocycles. The number of carbonyl (C=O) groups is 2. The van der Waals surface area contributed by atoms with Gasteiger partial charge in [0.2, 0.25) is 5.91 Å². The number of nitrogens with zero attached hydrogens (tertiary/aromatic N) is 1. The number of hydrogen-bond donors (Lipinski definition) is 1. The van der Waals surface area contributed by atoms with Crippen LogP contribution in [0, 0.1) is 12.8 Å². The maximum absolute atomic E-state index is 12.7. The number of benzene rings is 2. The molecular weight excluding hydrogens is 364 g/mol. The predicted molar refractivity (Wildman–Crippen MR) is 114 cm³/mol. The summed E-state index contributed by atoms with van der Waals surface area (Å²) >= 11 is 0. The Hall–Kier alpha value is -2.82. The highest BCUT2D eigenvalue weighted by atomic mass is 16.5. The van der Waals surface area contributed by atoms with Crippen molar-refractivity contribution in [1.82, 2.24) is 10.2 Å². The van der Waals surface area contributed by atoms with Crippen LogP contribution in [0.1, 0.15) is 30.9 Å². The molecule has 5 heteroatoms. The summed E-state index contributed by atoms with van der Waals surface area (Å²) in [4.78, 5) is 26.7. The van der Waals surface area contributed by atoms with Gasteiger partial charge >= 0.3 is 0 Å². The molecular formula is C24H30N2O3. The fourth-order valence-corrected chi connectivity index (χ4v) is 3.71. The molecule has 1 heterocycles. The number of carbonyl (C=O) groups excluding carboxylic acids is 2. The van der Waals surface area contributed by atoms with Gasteiger partial charge in [-0.05, 0) is 56.7 Å². The zero-order valence-corrected chi connectivity index (χ0v) is 17.3. The zero-order chi connectivity index (χ0) is 20.6. The summed E-state index contributed by atoms with van der Waals surface area (Å²) in [7, 11) is 0. The van der Waals surface area contributed by atoms with E-state index in [9.17, 15) is 9.59 Å². The van der Waals surface area contributed by atoms with Crippen molar-refractivity contribution >= 4 is 11.8 Å². The van der Waals surface area contributed by atoms with Crippen molar-refractivity contribution in [3.8, 4) is 5.75 Å². The highest BCUT2D eigenvalue weighted by Crippen LogP contribution is 2.22. The number of aryl methyl sites for hydroxylation is 1. The first-order chi connectivity index (χ1) is 14.0. The first-order valence-electron chi connectivity index (χ1n) is 10.3.